The van der Waals surface area contributed by atoms with Gasteiger partial charge >= 0.3 is 0 Å². The summed E-state index contributed by atoms with van der Waals surface area (Å²) in [5.74, 6) is 1.71. The molecule has 0 saturated heterocycles. The normalized spacial score (nSPS) is 34.2. The molecule has 3 aliphatic rings. The van der Waals surface area contributed by atoms with Gasteiger partial charge in [-0.15, -0.1) is 0 Å². The highest BCUT2D eigenvalue weighted by Gasteiger charge is 2.50. The van der Waals surface area contributed by atoms with Crippen LogP contribution in [0.25, 0.3) is 0 Å². The van der Waals surface area contributed by atoms with Crippen LogP contribution in [-0.4, -0.2) is 34.1 Å². The average Bonchev–Trinajstić information content (AvgIpc) is 3.17. The predicted octanol–water partition coefficient (Wildman–Crippen LogP) is 6.21. The molecule has 36 heavy (non-hydrogen) atoms. The van der Waals surface area contributed by atoms with E-state index in [-0.39, 0.29) is 5.41 Å². The minimum atomic E-state index is -0.845. The quantitative estimate of drug-likeness (QED) is 0.422. The third-order valence-corrected chi connectivity index (χ3v) is 9.27. The van der Waals surface area contributed by atoms with Crippen molar-refractivity contribution in [2.75, 3.05) is 6.61 Å². The summed E-state index contributed by atoms with van der Waals surface area (Å²) in [6.07, 6.45) is 10.3. The summed E-state index contributed by atoms with van der Waals surface area (Å²) >= 11 is 0. The summed E-state index contributed by atoms with van der Waals surface area (Å²) in [5.41, 5.74) is 4.74. The van der Waals surface area contributed by atoms with Gasteiger partial charge in [-0.05, 0) is 97.8 Å². The van der Waals surface area contributed by atoms with Crippen molar-refractivity contribution in [3.63, 3.8) is 0 Å². The van der Waals surface area contributed by atoms with E-state index in [0.717, 1.165) is 35.3 Å². The average molecular weight is 495 g/mol. The van der Waals surface area contributed by atoms with Crippen LogP contribution in [0.5, 0.6) is 0 Å². The Bertz CT molecular complexity index is 1000. The molecule has 3 N–H and O–H groups in total. The van der Waals surface area contributed by atoms with Gasteiger partial charge < -0.3 is 20.1 Å². The highest BCUT2D eigenvalue weighted by atomic mass is 16.5. The number of aliphatic hydroxyl groups is 3. The molecular weight excluding hydrogens is 448 g/mol. The zero-order chi connectivity index (χ0) is 26.1. The molecule has 0 spiro atoms. The maximum atomic E-state index is 10.3. The molecule has 1 aromatic carbocycles. The molecule has 0 aromatic heterocycles. The van der Waals surface area contributed by atoms with Gasteiger partial charge in [0.25, 0.3) is 0 Å². The predicted molar refractivity (Wildman–Crippen MR) is 145 cm³/mol. The molecular formula is C32H46O4. The van der Waals surface area contributed by atoms with Gasteiger partial charge in [-0.3, -0.25) is 0 Å². The Labute approximate surface area is 217 Å². The fourth-order valence-electron chi connectivity index (χ4n) is 7.20. The van der Waals surface area contributed by atoms with Crippen molar-refractivity contribution < 1.29 is 20.1 Å². The Balaban J connectivity index is 1.39. The lowest BCUT2D eigenvalue weighted by Gasteiger charge is -2.44. The molecule has 0 unspecified atom stereocenters. The molecule has 198 valence electrons. The van der Waals surface area contributed by atoms with E-state index in [1.54, 1.807) is 0 Å². The molecule has 0 radical (unpaired) electrons. The number of aliphatic hydroxyl groups excluding tert-OH is 2. The van der Waals surface area contributed by atoms with E-state index in [4.69, 9.17) is 4.74 Å². The summed E-state index contributed by atoms with van der Waals surface area (Å²) in [6.45, 7) is 13.9. The van der Waals surface area contributed by atoms with Crippen LogP contribution in [0.3, 0.4) is 0 Å². The molecule has 0 amide bonds. The van der Waals surface area contributed by atoms with Gasteiger partial charge in [0.1, 0.15) is 0 Å². The second-order valence-electron chi connectivity index (χ2n) is 12.4. The second kappa shape index (κ2) is 10.9. The number of benzene rings is 1. The topological polar surface area (TPSA) is 69.9 Å². The van der Waals surface area contributed by atoms with Crippen LogP contribution >= 0.6 is 0 Å². The van der Waals surface area contributed by atoms with Gasteiger partial charge in [0.05, 0.1) is 24.4 Å². The molecule has 0 aliphatic heterocycles. The van der Waals surface area contributed by atoms with Crippen LogP contribution in [-0.2, 0) is 16.9 Å². The first-order valence-corrected chi connectivity index (χ1v) is 13.8. The number of rotatable bonds is 7. The van der Waals surface area contributed by atoms with Gasteiger partial charge in [-0.25, -0.2) is 0 Å². The Morgan fingerprint density at radius 1 is 1.22 bits per heavy atom. The van der Waals surface area contributed by atoms with Crippen LogP contribution in [0.4, 0.5) is 0 Å². The highest BCUT2D eigenvalue weighted by Crippen LogP contribution is 2.59. The maximum Gasteiger partial charge on any atom is 0.0840 e. The van der Waals surface area contributed by atoms with Crippen LogP contribution in [0, 0.1) is 23.2 Å². The van der Waals surface area contributed by atoms with Crippen LogP contribution in [0.2, 0.25) is 0 Å². The first-order valence-electron chi connectivity index (χ1n) is 13.8. The zero-order valence-corrected chi connectivity index (χ0v) is 22.7. The standard InChI is InChI=1S/C32H46O4/c1-21(19-36-20-23-8-6-10-26(16-23)31(3,4)35)28-13-14-29-24(9-7-15-32(28,29)5)11-12-25-17-27(33)18-30(34)22(25)2/h6,8,10-12,16,21,27-30,33-35H,2,7,9,13-15,17-20H2,1,3-5H3/b24-11+,25-12-/t21-,27-,28-,29+,30+,32-/m1/s1. The van der Waals surface area contributed by atoms with E-state index in [1.807, 2.05) is 32.0 Å². The van der Waals surface area contributed by atoms with Gasteiger partial charge in [-0.1, -0.05) is 62.4 Å². The SMILES string of the molecule is C=C1/C(=C\C=C2/CCC[C@]3(C)[C@@H]([C@H](C)COCc4cccc(C(C)(C)O)c4)CC[C@@H]23)C[C@@H](O)C[C@@H]1O. The Kier molecular flexibility index (Phi) is 8.31. The van der Waals surface area contributed by atoms with Crippen LogP contribution < -0.4 is 0 Å². The van der Waals surface area contributed by atoms with Crippen molar-refractivity contribution >= 4 is 0 Å². The van der Waals surface area contributed by atoms with Gasteiger partial charge in [0.15, 0.2) is 0 Å². The molecule has 6 atom stereocenters. The van der Waals surface area contributed by atoms with E-state index < -0.39 is 17.8 Å². The molecule has 4 nitrogen and oxygen atoms in total. The summed E-state index contributed by atoms with van der Waals surface area (Å²) in [7, 11) is 0. The van der Waals surface area contributed by atoms with Crippen molar-refractivity contribution in [2.45, 2.75) is 97.1 Å². The van der Waals surface area contributed by atoms with E-state index >= 15 is 0 Å². The van der Waals surface area contributed by atoms with Crippen LogP contribution in [0.1, 0.15) is 83.8 Å². The summed E-state index contributed by atoms with van der Waals surface area (Å²) in [6, 6.07) is 8.07. The minimum Gasteiger partial charge on any atom is -0.393 e. The Morgan fingerprint density at radius 2 is 2.00 bits per heavy atom. The maximum absolute atomic E-state index is 10.3. The number of ether oxygens (including phenoxy) is 1. The molecule has 3 aliphatic carbocycles. The number of fused-ring (bicyclic) bond motifs is 1. The van der Waals surface area contributed by atoms with Crippen molar-refractivity contribution in [2.24, 2.45) is 23.2 Å². The van der Waals surface area contributed by atoms with E-state index in [2.05, 4.69) is 38.6 Å². The molecule has 3 fully saturated rings. The lowest BCUT2D eigenvalue weighted by atomic mass is 9.61. The fourth-order valence-corrected chi connectivity index (χ4v) is 7.20. The lowest BCUT2D eigenvalue weighted by molar-refractivity contribution is 0.0275. The van der Waals surface area contributed by atoms with Crippen molar-refractivity contribution in [3.8, 4) is 0 Å². The summed E-state index contributed by atoms with van der Waals surface area (Å²) in [5, 5.41) is 30.6. The molecule has 4 rings (SSSR count). The van der Waals surface area contributed by atoms with Gasteiger partial charge in [0.2, 0.25) is 0 Å². The zero-order valence-electron chi connectivity index (χ0n) is 22.7. The van der Waals surface area contributed by atoms with Gasteiger partial charge in [-0.2, -0.15) is 0 Å². The van der Waals surface area contributed by atoms with E-state index in [1.165, 1.54) is 31.3 Å². The van der Waals surface area contributed by atoms with E-state index in [0.29, 0.717) is 37.2 Å². The monoisotopic (exact) mass is 494 g/mol. The molecule has 0 heterocycles. The van der Waals surface area contributed by atoms with Crippen molar-refractivity contribution in [3.05, 3.63) is 70.8 Å². The van der Waals surface area contributed by atoms with E-state index in [9.17, 15) is 15.3 Å². The lowest BCUT2D eigenvalue weighted by Crippen LogP contribution is -2.37. The second-order valence-corrected chi connectivity index (χ2v) is 12.4. The Morgan fingerprint density at radius 3 is 2.75 bits per heavy atom. The summed E-state index contributed by atoms with van der Waals surface area (Å²) < 4.78 is 6.21. The van der Waals surface area contributed by atoms with Crippen molar-refractivity contribution in [1.29, 1.82) is 0 Å². The number of allylic oxidation sites excluding steroid dienone is 3. The third kappa shape index (κ3) is 5.88. The van der Waals surface area contributed by atoms with Gasteiger partial charge in [0, 0.05) is 13.0 Å². The first-order chi connectivity index (χ1) is 17.0. The van der Waals surface area contributed by atoms with Crippen molar-refractivity contribution in [1.82, 2.24) is 0 Å². The molecule has 4 heteroatoms. The molecule has 3 saturated carbocycles. The fraction of sp³-hybridized carbons (Fsp3) is 0.625. The summed E-state index contributed by atoms with van der Waals surface area (Å²) in [4.78, 5) is 0. The van der Waals surface area contributed by atoms with Crippen LogP contribution in [0.15, 0.2) is 59.7 Å². The Hall–Kier alpha value is -1.72. The number of hydrogen-bond donors (Lipinski definition) is 3. The molecule has 0 bridgehead atoms. The highest BCUT2D eigenvalue weighted by molar-refractivity contribution is 5.38. The minimum absolute atomic E-state index is 0.287. The largest absolute Gasteiger partial charge is 0.393 e. The first kappa shape index (κ1) is 27.3. The smallest absolute Gasteiger partial charge is 0.0840 e. The third-order valence-electron chi connectivity index (χ3n) is 9.27. The molecule has 1 aromatic rings. The number of hydrogen-bond acceptors (Lipinski definition) is 4.